The predicted molar refractivity (Wildman–Crippen MR) is 78.2 cm³/mol. The molecule has 0 bridgehead atoms. The SMILES string of the molecule is CCC1(CC)CSC(Nc2cccc(Cl)c2F)=N1. The van der Waals surface area contributed by atoms with Crippen LogP contribution in [0.2, 0.25) is 5.02 Å². The lowest BCUT2D eigenvalue weighted by Gasteiger charge is -2.20. The van der Waals surface area contributed by atoms with E-state index in [2.05, 4.69) is 24.2 Å². The van der Waals surface area contributed by atoms with Gasteiger partial charge in [-0.2, -0.15) is 0 Å². The Morgan fingerprint density at radius 2 is 2.17 bits per heavy atom. The zero-order valence-electron chi connectivity index (χ0n) is 10.5. The lowest BCUT2D eigenvalue weighted by molar-refractivity contribution is 0.456. The van der Waals surface area contributed by atoms with E-state index < -0.39 is 5.82 Å². The maximum Gasteiger partial charge on any atom is 0.165 e. The number of thioether (sulfide) groups is 1. The smallest absolute Gasteiger partial charge is 0.165 e. The van der Waals surface area contributed by atoms with Crippen LogP contribution in [0.5, 0.6) is 0 Å². The zero-order valence-corrected chi connectivity index (χ0v) is 12.0. The van der Waals surface area contributed by atoms with Crippen molar-refractivity contribution in [3.8, 4) is 0 Å². The molecule has 0 fully saturated rings. The highest BCUT2D eigenvalue weighted by Gasteiger charge is 2.32. The van der Waals surface area contributed by atoms with Gasteiger partial charge in [0.1, 0.15) is 0 Å². The second kappa shape index (κ2) is 5.49. The molecule has 1 aliphatic heterocycles. The van der Waals surface area contributed by atoms with E-state index in [9.17, 15) is 4.39 Å². The number of aliphatic imine (C=N–C) groups is 1. The van der Waals surface area contributed by atoms with Crippen LogP contribution < -0.4 is 5.32 Å². The number of amidine groups is 1. The third-order valence-electron chi connectivity index (χ3n) is 3.33. The van der Waals surface area contributed by atoms with Crippen LogP contribution in [0.25, 0.3) is 0 Å². The van der Waals surface area contributed by atoms with Crippen LogP contribution in [0.1, 0.15) is 26.7 Å². The summed E-state index contributed by atoms with van der Waals surface area (Å²) in [6.07, 6.45) is 2.00. The Morgan fingerprint density at radius 1 is 1.44 bits per heavy atom. The lowest BCUT2D eigenvalue weighted by Crippen LogP contribution is -2.24. The van der Waals surface area contributed by atoms with Crippen molar-refractivity contribution in [3.63, 3.8) is 0 Å². The molecule has 2 rings (SSSR count). The van der Waals surface area contributed by atoms with E-state index in [1.54, 1.807) is 23.9 Å². The van der Waals surface area contributed by atoms with Gasteiger partial charge in [0.15, 0.2) is 11.0 Å². The van der Waals surface area contributed by atoms with Gasteiger partial charge >= 0.3 is 0 Å². The van der Waals surface area contributed by atoms with Gasteiger partial charge in [-0.25, -0.2) is 4.39 Å². The number of hydrogen-bond donors (Lipinski definition) is 1. The van der Waals surface area contributed by atoms with E-state index in [0.29, 0.717) is 5.69 Å². The number of nitrogens with zero attached hydrogens (tertiary/aromatic N) is 1. The number of hydrogen-bond acceptors (Lipinski definition) is 3. The lowest BCUT2D eigenvalue weighted by atomic mass is 9.97. The molecule has 0 radical (unpaired) electrons. The number of anilines is 1. The van der Waals surface area contributed by atoms with Crippen molar-refractivity contribution in [2.45, 2.75) is 32.2 Å². The van der Waals surface area contributed by atoms with Gasteiger partial charge in [0.2, 0.25) is 0 Å². The van der Waals surface area contributed by atoms with Crippen molar-refractivity contribution >= 4 is 34.2 Å². The molecular formula is C13H16ClFN2S. The molecule has 0 atom stereocenters. The molecule has 98 valence electrons. The number of halogens is 2. The topological polar surface area (TPSA) is 24.4 Å². The monoisotopic (exact) mass is 286 g/mol. The highest BCUT2D eigenvalue weighted by Crippen LogP contribution is 2.34. The van der Waals surface area contributed by atoms with Gasteiger partial charge in [-0.1, -0.05) is 43.3 Å². The molecule has 1 aliphatic rings. The van der Waals surface area contributed by atoms with Gasteiger partial charge in [-0.3, -0.25) is 4.99 Å². The Balaban J connectivity index is 2.18. The fourth-order valence-corrected chi connectivity index (χ4v) is 3.37. The number of nitrogens with one attached hydrogen (secondary N) is 1. The molecule has 5 heteroatoms. The quantitative estimate of drug-likeness (QED) is 0.881. The first-order chi connectivity index (χ1) is 8.60. The Morgan fingerprint density at radius 3 is 2.78 bits per heavy atom. The maximum absolute atomic E-state index is 13.8. The Hall–Kier alpha value is -0.740. The fraction of sp³-hybridized carbons (Fsp3) is 0.462. The molecule has 0 spiro atoms. The molecule has 0 saturated carbocycles. The summed E-state index contributed by atoms with van der Waals surface area (Å²) in [5, 5.41) is 3.93. The van der Waals surface area contributed by atoms with Crippen LogP contribution in [-0.4, -0.2) is 16.5 Å². The molecule has 0 aromatic heterocycles. The van der Waals surface area contributed by atoms with Gasteiger partial charge in [0.05, 0.1) is 16.2 Å². The fourth-order valence-electron chi connectivity index (χ4n) is 1.87. The van der Waals surface area contributed by atoms with Gasteiger partial charge in [0.25, 0.3) is 0 Å². The van der Waals surface area contributed by atoms with Gasteiger partial charge in [0, 0.05) is 5.75 Å². The Bertz CT molecular complexity index is 472. The predicted octanol–water partition coefficient (Wildman–Crippen LogP) is 4.55. The van der Waals surface area contributed by atoms with E-state index in [1.807, 2.05) is 0 Å². The molecule has 0 saturated heterocycles. The molecule has 1 heterocycles. The van der Waals surface area contributed by atoms with Crippen molar-refractivity contribution in [2.24, 2.45) is 4.99 Å². The minimum absolute atomic E-state index is 0.00203. The summed E-state index contributed by atoms with van der Waals surface area (Å²) in [6, 6.07) is 4.93. The van der Waals surface area contributed by atoms with E-state index in [-0.39, 0.29) is 10.6 Å². The Labute approximate surface area is 116 Å². The summed E-state index contributed by atoms with van der Waals surface area (Å²) in [5.41, 5.74) is 0.388. The highest BCUT2D eigenvalue weighted by molar-refractivity contribution is 8.14. The minimum Gasteiger partial charge on any atom is -0.333 e. The van der Waals surface area contributed by atoms with E-state index >= 15 is 0 Å². The number of benzene rings is 1. The summed E-state index contributed by atoms with van der Waals surface area (Å²) in [5.74, 6) is 0.526. The van der Waals surface area contributed by atoms with Crippen molar-refractivity contribution in [3.05, 3.63) is 29.0 Å². The van der Waals surface area contributed by atoms with Crippen molar-refractivity contribution in [1.29, 1.82) is 0 Å². The summed E-state index contributed by atoms with van der Waals surface area (Å²) in [4.78, 5) is 4.68. The normalized spacial score (nSPS) is 17.7. The van der Waals surface area contributed by atoms with Crippen molar-refractivity contribution < 1.29 is 4.39 Å². The third-order valence-corrected chi connectivity index (χ3v) is 4.77. The van der Waals surface area contributed by atoms with Crippen molar-refractivity contribution in [1.82, 2.24) is 0 Å². The average Bonchev–Trinajstić information content (AvgIpc) is 2.79. The van der Waals surface area contributed by atoms with Crippen LogP contribution in [0.3, 0.4) is 0 Å². The molecule has 18 heavy (non-hydrogen) atoms. The van der Waals surface area contributed by atoms with Crippen LogP contribution in [0.4, 0.5) is 10.1 Å². The first kappa shape index (κ1) is 13.7. The molecule has 0 aliphatic carbocycles. The Kier molecular flexibility index (Phi) is 4.17. The third kappa shape index (κ3) is 2.64. The molecule has 0 amide bonds. The number of rotatable bonds is 3. The molecule has 1 N–H and O–H groups in total. The summed E-state index contributed by atoms with van der Waals surface area (Å²) in [6.45, 7) is 4.27. The standard InChI is InChI=1S/C13H16ClFN2S/c1-3-13(4-2)8-18-12(17-13)16-10-7-5-6-9(14)11(10)15/h5-7H,3-4,8H2,1-2H3,(H,16,17). The van der Waals surface area contributed by atoms with Gasteiger partial charge in [-0.15, -0.1) is 0 Å². The second-order valence-corrected chi connectivity index (χ2v) is 5.73. The zero-order chi connectivity index (χ0) is 13.2. The first-order valence-electron chi connectivity index (χ1n) is 6.04. The largest absolute Gasteiger partial charge is 0.333 e. The average molecular weight is 287 g/mol. The van der Waals surface area contributed by atoms with E-state index in [4.69, 9.17) is 11.6 Å². The minimum atomic E-state index is -0.423. The van der Waals surface area contributed by atoms with Crippen LogP contribution in [0.15, 0.2) is 23.2 Å². The summed E-state index contributed by atoms with van der Waals surface area (Å²) >= 11 is 7.39. The van der Waals surface area contributed by atoms with Crippen LogP contribution in [-0.2, 0) is 0 Å². The maximum atomic E-state index is 13.8. The summed E-state index contributed by atoms with van der Waals surface area (Å²) in [7, 11) is 0. The van der Waals surface area contributed by atoms with Gasteiger partial charge < -0.3 is 5.32 Å². The molecular weight excluding hydrogens is 271 g/mol. The molecule has 2 nitrogen and oxygen atoms in total. The molecule has 1 aromatic carbocycles. The molecule has 1 aromatic rings. The van der Waals surface area contributed by atoms with Crippen LogP contribution >= 0.6 is 23.4 Å². The second-order valence-electron chi connectivity index (χ2n) is 4.36. The van der Waals surface area contributed by atoms with E-state index in [0.717, 1.165) is 23.8 Å². The van der Waals surface area contributed by atoms with Crippen LogP contribution in [0, 0.1) is 5.82 Å². The highest BCUT2D eigenvalue weighted by atomic mass is 35.5. The van der Waals surface area contributed by atoms with Gasteiger partial charge in [-0.05, 0) is 25.0 Å². The van der Waals surface area contributed by atoms with E-state index in [1.165, 1.54) is 6.07 Å². The van der Waals surface area contributed by atoms with Crippen molar-refractivity contribution in [2.75, 3.05) is 11.1 Å². The summed E-state index contributed by atoms with van der Waals surface area (Å²) < 4.78 is 13.8. The first-order valence-corrected chi connectivity index (χ1v) is 7.40. The molecule has 0 unspecified atom stereocenters.